The van der Waals surface area contributed by atoms with Crippen LogP contribution in [0.1, 0.15) is 12.6 Å². The van der Waals surface area contributed by atoms with Crippen molar-refractivity contribution in [1.82, 2.24) is 35.2 Å². The molecule has 0 aliphatic rings. The molecule has 3 heterocycles. The number of hydrogen-bond acceptors (Lipinski definition) is 6. The van der Waals surface area contributed by atoms with Crippen molar-refractivity contribution in [2.75, 3.05) is 6.61 Å². The van der Waals surface area contributed by atoms with E-state index in [0.717, 1.165) is 38.8 Å². The average Bonchev–Trinajstić information content (AvgIpc) is 3.48. The SMILES string of the molecule is CCOc1cc(-c2cc([AsH]CCn3c(C)cc4ccccc43)ncn2)ccc1-c1nnn[nH]1. The topological polar surface area (TPSA) is 94.4 Å². The molecular weight excluding hydrogens is 477 g/mol. The van der Waals surface area contributed by atoms with E-state index in [4.69, 9.17) is 4.74 Å². The maximum atomic E-state index is 5.85. The molecule has 0 aliphatic carbocycles. The number of aromatic nitrogens is 7. The molecule has 2 aromatic carbocycles. The number of nitrogens with one attached hydrogen (secondary N) is 1. The summed E-state index contributed by atoms with van der Waals surface area (Å²) in [4.78, 5) is 9.07. The van der Waals surface area contributed by atoms with Gasteiger partial charge in [0.15, 0.2) is 0 Å². The number of para-hydroxylation sites is 1. The third kappa shape index (κ3) is 4.52. The van der Waals surface area contributed by atoms with E-state index < -0.39 is 15.8 Å². The molecule has 1 N–H and O–H groups in total. The van der Waals surface area contributed by atoms with Crippen molar-refractivity contribution < 1.29 is 4.74 Å². The van der Waals surface area contributed by atoms with E-state index >= 15 is 0 Å². The van der Waals surface area contributed by atoms with E-state index in [0.29, 0.717) is 12.4 Å². The van der Waals surface area contributed by atoms with Gasteiger partial charge in [-0.15, -0.1) is 0 Å². The van der Waals surface area contributed by atoms with Crippen LogP contribution in [0.3, 0.4) is 0 Å². The van der Waals surface area contributed by atoms with Gasteiger partial charge in [-0.1, -0.05) is 0 Å². The van der Waals surface area contributed by atoms with Crippen molar-refractivity contribution in [3.63, 3.8) is 0 Å². The van der Waals surface area contributed by atoms with Crippen LogP contribution in [0.25, 0.3) is 33.5 Å². The van der Waals surface area contributed by atoms with E-state index in [1.165, 1.54) is 16.6 Å². The zero-order chi connectivity index (χ0) is 22.6. The molecule has 5 aromatic rings. The Kier molecular flexibility index (Phi) is 6.17. The van der Waals surface area contributed by atoms with Crippen LogP contribution >= 0.6 is 0 Å². The number of rotatable bonds is 8. The summed E-state index contributed by atoms with van der Waals surface area (Å²) in [5, 5.41) is 16.6. The van der Waals surface area contributed by atoms with Gasteiger partial charge in [-0.05, 0) is 0 Å². The first-order valence-electron chi connectivity index (χ1n) is 10.8. The second-order valence-electron chi connectivity index (χ2n) is 7.61. The van der Waals surface area contributed by atoms with Crippen molar-refractivity contribution in [2.45, 2.75) is 25.6 Å². The molecule has 0 saturated heterocycles. The number of aromatic amines is 1. The van der Waals surface area contributed by atoms with Crippen molar-refractivity contribution >= 4 is 31.1 Å². The first kappa shape index (κ1) is 21.3. The Labute approximate surface area is 198 Å². The standard InChI is InChI=1S/C24H24AsN7O/c1-3-33-22-13-17(8-9-19(22)24-28-30-31-29-24)20-14-23(27-15-26-20)25-10-11-32-16(2)12-18-6-4-5-7-21(18)32/h4-9,12-15,25H,3,10-11H2,1-2H3,(H,28,29,30,31). The summed E-state index contributed by atoms with van der Waals surface area (Å²) in [5.41, 5.74) is 5.31. The van der Waals surface area contributed by atoms with Crippen LogP contribution in [-0.4, -0.2) is 57.5 Å². The molecule has 0 aliphatic heterocycles. The molecule has 0 fully saturated rings. The number of tetrazole rings is 1. The Morgan fingerprint density at radius 2 is 1.97 bits per heavy atom. The van der Waals surface area contributed by atoms with Crippen LogP contribution in [0.15, 0.2) is 60.9 Å². The number of fused-ring (bicyclic) bond motifs is 1. The fourth-order valence-electron chi connectivity index (χ4n) is 3.98. The van der Waals surface area contributed by atoms with E-state index in [-0.39, 0.29) is 0 Å². The fourth-order valence-corrected chi connectivity index (χ4v) is 6.03. The van der Waals surface area contributed by atoms with E-state index in [9.17, 15) is 0 Å². The second-order valence-corrected chi connectivity index (χ2v) is 10.5. The summed E-state index contributed by atoms with van der Waals surface area (Å²) in [7, 11) is 0. The zero-order valence-electron chi connectivity index (χ0n) is 18.5. The van der Waals surface area contributed by atoms with Crippen LogP contribution in [0.4, 0.5) is 0 Å². The van der Waals surface area contributed by atoms with Crippen LogP contribution in [0.5, 0.6) is 5.75 Å². The molecule has 0 amide bonds. The summed E-state index contributed by atoms with van der Waals surface area (Å²) >= 11 is -0.397. The van der Waals surface area contributed by atoms with Gasteiger partial charge in [0.2, 0.25) is 0 Å². The minimum atomic E-state index is -0.397. The average molecular weight is 501 g/mol. The number of ether oxygens (including phenoxy) is 1. The third-order valence-electron chi connectivity index (χ3n) is 5.50. The minimum absolute atomic E-state index is 0.397. The molecule has 5 rings (SSSR count). The molecule has 1 unspecified atom stereocenters. The van der Waals surface area contributed by atoms with Crippen molar-refractivity contribution in [3.8, 4) is 28.4 Å². The van der Waals surface area contributed by atoms with E-state index in [1.54, 1.807) is 6.33 Å². The molecule has 33 heavy (non-hydrogen) atoms. The van der Waals surface area contributed by atoms with Gasteiger partial charge >= 0.3 is 198 Å². The summed E-state index contributed by atoms with van der Waals surface area (Å²) in [6.45, 7) is 5.69. The van der Waals surface area contributed by atoms with Gasteiger partial charge in [0.25, 0.3) is 0 Å². The molecule has 8 nitrogen and oxygen atoms in total. The Morgan fingerprint density at radius 3 is 2.82 bits per heavy atom. The van der Waals surface area contributed by atoms with Crippen molar-refractivity contribution in [2.24, 2.45) is 0 Å². The van der Waals surface area contributed by atoms with Gasteiger partial charge in [-0.2, -0.15) is 0 Å². The predicted molar refractivity (Wildman–Crippen MR) is 130 cm³/mol. The van der Waals surface area contributed by atoms with Gasteiger partial charge < -0.3 is 0 Å². The van der Waals surface area contributed by atoms with E-state index in [1.807, 2.05) is 25.1 Å². The molecule has 0 radical (unpaired) electrons. The fraction of sp³-hybridized carbons (Fsp3) is 0.208. The van der Waals surface area contributed by atoms with Crippen molar-refractivity contribution in [1.29, 1.82) is 0 Å². The molecule has 166 valence electrons. The number of nitrogens with zero attached hydrogens (tertiary/aromatic N) is 6. The van der Waals surface area contributed by atoms with Gasteiger partial charge in [0.1, 0.15) is 0 Å². The molecule has 9 heteroatoms. The second kappa shape index (κ2) is 9.55. The Bertz CT molecular complexity index is 1380. The van der Waals surface area contributed by atoms with Gasteiger partial charge in [0, 0.05) is 0 Å². The van der Waals surface area contributed by atoms with Crippen LogP contribution < -0.4 is 9.22 Å². The Morgan fingerprint density at radius 1 is 1.06 bits per heavy atom. The third-order valence-corrected chi connectivity index (χ3v) is 7.83. The number of benzene rings is 2. The van der Waals surface area contributed by atoms with Crippen LogP contribution in [0.2, 0.25) is 5.21 Å². The summed E-state index contributed by atoms with van der Waals surface area (Å²) in [6.07, 6.45) is 1.67. The Hall–Kier alpha value is -3.51. The van der Waals surface area contributed by atoms with Gasteiger partial charge in [0.05, 0.1) is 0 Å². The molecular formula is C24H24AsN7O. The van der Waals surface area contributed by atoms with Gasteiger partial charge in [-0.25, -0.2) is 0 Å². The molecule has 0 saturated carbocycles. The first-order valence-corrected chi connectivity index (χ1v) is 13.4. The number of H-pyrrole nitrogens is 1. The van der Waals surface area contributed by atoms with Crippen LogP contribution in [0, 0.1) is 6.92 Å². The summed E-state index contributed by atoms with van der Waals surface area (Å²) in [5.74, 6) is 1.30. The van der Waals surface area contributed by atoms with Crippen LogP contribution in [-0.2, 0) is 6.54 Å². The quantitative estimate of drug-likeness (QED) is 0.329. The summed E-state index contributed by atoms with van der Waals surface area (Å²) in [6, 6.07) is 18.9. The number of hydrogen-bond donors (Lipinski definition) is 1. The molecule has 3 aromatic heterocycles. The van der Waals surface area contributed by atoms with Gasteiger partial charge in [-0.3, -0.25) is 0 Å². The molecule has 0 bridgehead atoms. The van der Waals surface area contributed by atoms with E-state index in [2.05, 4.69) is 78.5 Å². The molecule has 1 atom stereocenters. The zero-order valence-corrected chi connectivity index (χ0v) is 20.6. The number of aryl methyl sites for hydroxylation is 2. The van der Waals surface area contributed by atoms with Crippen molar-refractivity contribution in [3.05, 3.63) is 66.6 Å². The Balaban J connectivity index is 1.34. The normalized spacial score (nSPS) is 11.6. The summed E-state index contributed by atoms with van der Waals surface area (Å²) < 4.78 is 9.41. The molecule has 0 spiro atoms. The maximum absolute atomic E-state index is 5.85. The predicted octanol–water partition coefficient (Wildman–Crippen LogP) is 3.17. The first-order chi connectivity index (χ1) is 16.2. The monoisotopic (exact) mass is 501 g/mol.